The van der Waals surface area contributed by atoms with E-state index in [2.05, 4.69) is 15.3 Å². The zero-order chi connectivity index (χ0) is 11.0. The van der Waals surface area contributed by atoms with Crippen LogP contribution < -0.4 is 10.9 Å². The fraction of sp³-hybridized carbons (Fsp3) is 0.0833. The summed E-state index contributed by atoms with van der Waals surface area (Å²) in [5, 5.41) is 3.08. The van der Waals surface area contributed by atoms with Gasteiger partial charge in [-0.2, -0.15) is 0 Å². The van der Waals surface area contributed by atoms with Gasteiger partial charge < -0.3 is 5.32 Å². The lowest BCUT2D eigenvalue weighted by molar-refractivity contribution is 1.22. The van der Waals surface area contributed by atoms with Crippen molar-refractivity contribution in [2.45, 2.75) is 0 Å². The number of para-hydroxylation sites is 2. The van der Waals surface area contributed by atoms with Crippen LogP contribution in [0.4, 0.5) is 5.82 Å². The summed E-state index contributed by atoms with van der Waals surface area (Å²) in [6.45, 7) is 0.692. The lowest BCUT2D eigenvalue weighted by Gasteiger charge is -2.06. The fourth-order valence-electron chi connectivity index (χ4n) is 1.72. The molecule has 0 radical (unpaired) electrons. The van der Waals surface area contributed by atoms with Gasteiger partial charge in [-0.15, -0.1) is 0 Å². The molecule has 2 aromatic rings. The number of hydrogen-bond donors (Lipinski definition) is 1. The molecule has 0 saturated carbocycles. The highest BCUT2D eigenvalue weighted by Gasteiger charge is 2.09. The Morgan fingerprint density at radius 2 is 1.88 bits per heavy atom. The number of anilines is 1. The van der Waals surface area contributed by atoms with Crippen molar-refractivity contribution in [1.29, 1.82) is 0 Å². The van der Waals surface area contributed by atoms with Crippen molar-refractivity contribution in [3.63, 3.8) is 0 Å². The van der Waals surface area contributed by atoms with Gasteiger partial charge >= 0.3 is 0 Å². The van der Waals surface area contributed by atoms with Gasteiger partial charge in [0, 0.05) is 6.54 Å². The number of fused-ring (bicyclic) bond motifs is 2. The second kappa shape index (κ2) is 3.41. The molecule has 3 rings (SSSR count). The van der Waals surface area contributed by atoms with E-state index in [1.165, 1.54) is 0 Å². The van der Waals surface area contributed by atoms with Crippen molar-refractivity contribution in [2.75, 3.05) is 11.9 Å². The van der Waals surface area contributed by atoms with Crippen LogP contribution in [-0.2, 0) is 0 Å². The maximum atomic E-state index is 11.8. The zero-order valence-electron chi connectivity index (χ0n) is 8.47. The van der Waals surface area contributed by atoms with Crippen LogP contribution in [0, 0.1) is 0 Å². The minimum atomic E-state index is -0.243. The highest BCUT2D eigenvalue weighted by atomic mass is 16.1. The third kappa shape index (κ3) is 1.35. The highest BCUT2D eigenvalue weighted by Crippen LogP contribution is 2.15. The third-order valence-electron chi connectivity index (χ3n) is 2.49. The van der Waals surface area contributed by atoms with Gasteiger partial charge in [0.2, 0.25) is 0 Å². The molecule has 0 amide bonds. The summed E-state index contributed by atoms with van der Waals surface area (Å²) in [6, 6.07) is 7.37. The Balaban J connectivity index is 2.48. The van der Waals surface area contributed by atoms with Gasteiger partial charge in [0.05, 0.1) is 16.6 Å². The van der Waals surface area contributed by atoms with Crippen LogP contribution >= 0.6 is 0 Å². The van der Waals surface area contributed by atoms with Crippen LogP contribution in [0.15, 0.2) is 35.1 Å². The quantitative estimate of drug-likeness (QED) is 0.716. The summed E-state index contributed by atoms with van der Waals surface area (Å²) < 4.78 is 0. The molecule has 1 aliphatic heterocycles. The van der Waals surface area contributed by atoms with Crippen LogP contribution in [0.1, 0.15) is 5.56 Å². The van der Waals surface area contributed by atoms with Gasteiger partial charge in [-0.25, -0.2) is 9.97 Å². The Kier molecular flexibility index (Phi) is 1.93. The largest absolute Gasteiger partial charge is 0.366 e. The number of nitrogens with one attached hydrogen (secondary N) is 1. The summed E-state index contributed by atoms with van der Waals surface area (Å²) >= 11 is 0. The van der Waals surface area contributed by atoms with E-state index in [1.54, 1.807) is 12.1 Å². The zero-order valence-corrected chi connectivity index (χ0v) is 8.47. The normalized spacial score (nSPS) is 13.2. The molecule has 0 bridgehead atoms. The van der Waals surface area contributed by atoms with Crippen molar-refractivity contribution < 1.29 is 0 Å². The minimum Gasteiger partial charge on any atom is -0.366 e. The van der Waals surface area contributed by atoms with Crippen molar-refractivity contribution in [3.05, 3.63) is 46.3 Å². The molecule has 0 fully saturated rings. The summed E-state index contributed by atoms with van der Waals surface area (Å²) in [7, 11) is 0. The molecule has 0 aliphatic carbocycles. The lowest BCUT2D eigenvalue weighted by Crippen LogP contribution is -2.13. The molecule has 0 spiro atoms. The van der Waals surface area contributed by atoms with E-state index in [9.17, 15) is 4.79 Å². The molecule has 1 N–H and O–H groups in total. The summed E-state index contributed by atoms with van der Waals surface area (Å²) in [4.78, 5) is 20.3. The molecule has 0 unspecified atom stereocenters. The average Bonchev–Trinajstić information content (AvgIpc) is 2.45. The van der Waals surface area contributed by atoms with E-state index in [0.29, 0.717) is 23.4 Å². The Bertz CT molecular complexity index is 649. The number of rotatable bonds is 0. The first-order chi connectivity index (χ1) is 7.84. The summed E-state index contributed by atoms with van der Waals surface area (Å²) in [5.74, 6) is 0.612. The highest BCUT2D eigenvalue weighted by molar-refractivity contribution is 5.77. The topological polar surface area (TPSA) is 54.9 Å². The maximum Gasteiger partial charge on any atom is 0.281 e. The van der Waals surface area contributed by atoms with E-state index in [4.69, 9.17) is 0 Å². The first-order valence-corrected chi connectivity index (χ1v) is 5.06. The molecular weight excluding hydrogens is 202 g/mol. The molecule has 0 saturated heterocycles. The second-order valence-corrected chi connectivity index (χ2v) is 3.56. The minimum absolute atomic E-state index is 0.243. The predicted molar refractivity (Wildman–Crippen MR) is 63.3 cm³/mol. The van der Waals surface area contributed by atoms with Gasteiger partial charge in [0.1, 0.15) is 5.82 Å². The van der Waals surface area contributed by atoms with Gasteiger partial charge in [-0.1, -0.05) is 18.2 Å². The van der Waals surface area contributed by atoms with E-state index in [-0.39, 0.29) is 5.56 Å². The van der Waals surface area contributed by atoms with Gasteiger partial charge in [-0.05, 0) is 18.2 Å². The van der Waals surface area contributed by atoms with Crippen LogP contribution in [-0.4, -0.2) is 16.5 Å². The van der Waals surface area contributed by atoms with E-state index in [1.807, 2.05) is 24.3 Å². The standard InChI is InChI=1S/C12H9N3O/c16-12-8-4-3-7-13-11(8)14-9-5-1-2-6-10(9)15-12/h1-6,13H,7H2. The summed E-state index contributed by atoms with van der Waals surface area (Å²) in [6.07, 6.45) is 3.66. The number of aromatic nitrogens is 2. The second-order valence-electron chi connectivity index (χ2n) is 3.56. The van der Waals surface area contributed by atoms with Gasteiger partial charge in [0.25, 0.3) is 5.56 Å². The lowest BCUT2D eigenvalue weighted by atomic mass is 10.2. The van der Waals surface area contributed by atoms with Gasteiger partial charge in [-0.3, -0.25) is 4.79 Å². The van der Waals surface area contributed by atoms with Gasteiger partial charge in [0.15, 0.2) is 0 Å². The molecular formula is C12H9N3O. The molecule has 4 heteroatoms. The SMILES string of the molecule is O=c1nc2ccccc2nc2c1C=CCN2. The van der Waals surface area contributed by atoms with Crippen molar-refractivity contribution >= 4 is 22.9 Å². The molecule has 2 heterocycles. The Labute approximate surface area is 91.7 Å². The van der Waals surface area contributed by atoms with Crippen LogP contribution in [0.2, 0.25) is 0 Å². The van der Waals surface area contributed by atoms with Crippen molar-refractivity contribution in [2.24, 2.45) is 0 Å². The van der Waals surface area contributed by atoms with Crippen LogP contribution in [0.5, 0.6) is 0 Å². The molecule has 0 atom stereocenters. The van der Waals surface area contributed by atoms with E-state index >= 15 is 0 Å². The first kappa shape index (κ1) is 9.03. The van der Waals surface area contributed by atoms with Crippen LogP contribution in [0.3, 0.4) is 0 Å². The van der Waals surface area contributed by atoms with Crippen molar-refractivity contribution in [3.8, 4) is 0 Å². The maximum absolute atomic E-state index is 11.8. The predicted octanol–water partition coefficient (Wildman–Crippen LogP) is 1.43. The number of nitrogens with zero attached hydrogens (tertiary/aromatic N) is 2. The average molecular weight is 211 g/mol. The van der Waals surface area contributed by atoms with E-state index < -0.39 is 0 Å². The smallest absolute Gasteiger partial charge is 0.281 e. The molecule has 1 aliphatic rings. The Hall–Kier alpha value is -2.23. The van der Waals surface area contributed by atoms with Crippen LogP contribution in [0.25, 0.3) is 17.1 Å². The summed E-state index contributed by atoms with van der Waals surface area (Å²) in [5.41, 5.74) is 1.63. The molecule has 1 aromatic carbocycles. The fourth-order valence-corrected chi connectivity index (χ4v) is 1.72. The monoisotopic (exact) mass is 211 g/mol. The Morgan fingerprint density at radius 1 is 1.12 bits per heavy atom. The third-order valence-corrected chi connectivity index (χ3v) is 2.49. The Morgan fingerprint density at radius 3 is 2.69 bits per heavy atom. The first-order valence-electron chi connectivity index (χ1n) is 5.06. The molecule has 4 nitrogen and oxygen atoms in total. The van der Waals surface area contributed by atoms with E-state index in [0.717, 1.165) is 5.52 Å². The molecule has 78 valence electrons. The molecule has 16 heavy (non-hydrogen) atoms. The number of hydrogen-bond acceptors (Lipinski definition) is 4. The number of benzene rings is 1. The van der Waals surface area contributed by atoms with Crippen molar-refractivity contribution in [1.82, 2.24) is 9.97 Å². The molecule has 1 aromatic heterocycles.